The van der Waals surface area contributed by atoms with Crippen molar-refractivity contribution in [2.24, 2.45) is 0 Å². The van der Waals surface area contributed by atoms with Crippen LogP contribution in [0.1, 0.15) is 24.8 Å². The number of hydrogen-bond acceptors (Lipinski definition) is 4. The van der Waals surface area contributed by atoms with Crippen LogP contribution in [-0.2, 0) is 11.2 Å². The van der Waals surface area contributed by atoms with Gasteiger partial charge in [-0.3, -0.25) is 4.79 Å². The van der Waals surface area contributed by atoms with Gasteiger partial charge in [0.15, 0.2) is 0 Å². The van der Waals surface area contributed by atoms with Gasteiger partial charge in [0.05, 0.1) is 6.07 Å². The summed E-state index contributed by atoms with van der Waals surface area (Å²) in [6, 6.07) is 8.30. The first kappa shape index (κ1) is 21.0. The molecule has 1 saturated heterocycles. The van der Waals surface area contributed by atoms with E-state index >= 15 is 0 Å². The lowest BCUT2D eigenvalue weighted by Gasteiger charge is -2.31. The average Bonchev–Trinajstić information content (AvgIpc) is 3.48. The van der Waals surface area contributed by atoms with Crippen molar-refractivity contribution in [1.29, 1.82) is 5.26 Å². The fourth-order valence-corrected chi connectivity index (χ4v) is 3.30. The molecule has 3 amide bonds. The van der Waals surface area contributed by atoms with Crippen LogP contribution in [0.15, 0.2) is 30.3 Å². The maximum absolute atomic E-state index is 14.7. The molecule has 1 aliphatic carbocycles. The van der Waals surface area contributed by atoms with E-state index in [9.17, 15) is 23.6 Å². The largest absolute Gasteiger partial charge is 0.336 e. The van der Waals surface area contributed by atoms with Crippen LogP contribution < -0.4 is 16.0 Å². The molecular formula is C20H25F2N5O2. The van der Waals surface area contributed by atoms with Gasteiger partial charge in [0, 0.05) is 39.0 Å². The molecule has 1 aromatic carbocycles. The molecule has 156 valence electrons. The van der Waals surface area contributed by atoms with E-state index in [4.69, 9.17) is 0 Å². The minimum absolute atomic E-state index is 0.433. The van der Waals surface area contributed by atoms with E-state index in [-0.39, 0.29) is 0 Å². The summed E-state index contributed by atoms with van der Waals surface area (Å²) in [5, 5.41) is 17.3. The smallest absolute Gasteiger partial charge is 0.318 e. The normalized spacial score (nSPS) is 19.0. The van der Waals surface area contributed by atoms with Crippen molar-refractivity contribution in [2.75, 3.05) is 26.2 Å². The second-order valence-corrected chi connectivity index (χ2v) is 7.64. The van der Waals surface area contributed by atoms with Crippen LogP contribution in [-0.4, -0.2) is 60.5 Å². The van der Waals surface area contributed by atoms with Crippen molar-refractivity contribution < 1.29 is 18.4 Å². The van der Waals surface area contributed by atoms with Crippen LogP contribution in [0.2, 0.25) is 0 Å². The van der Waals surface area contributed by atoms with Gasteiger partial charge in [-0.1, -0.05) is 30.3 Å². The lowest BCUT2D eigenvalue weighted by molar-refractivity contribution is -0.126. The zero-order valence-electron chi connectivity index (χ0n) is 16.1. The Hall–Kier alpha value is -2.73. The van der Waals surface area contributed by atoms with Gasteiger partial charge in [-0.15, -0.1) is 0 Å². The Labute approximate surface area is 168 Å². The molecule has 7 nitrogen and oxygen atoms in total. The molecule has 0 aromatic heterocycles. The molecule has 1 aliphatic heterocycles. The summed E-state index contributed by atoms with van der Waals surface area (Å²) in [6.07, 6.45) is -0.417. The summed E-state index contributed by atoms with van der Waals surface area (Å²) in [7, 11) is 0. The average molecular weight is 405 g/mol. The van der Waals surface area contributed by atoms with Gasteiger partial charge < -0.3 is 20.9 Å². The number of piperazine rings is 1. The maximum Gasteiger partial charge on any atom is 0.318 e. The highest BCUT2D eigenvalue weighted by atomic mass is 19.3. The Kier molecular flexibility index (Phi) is 6.33. The summed E-state index contributed by atoms with van der Waals surface area (Å²) in [5.41, 5.74) is -0.551. The number of amides is 3. The van der Waals surface area contributed by atoms with Crippen molar-refractivity contribution in [3.05, 3.63) is 35.9 Å². The Balaban J connectivity index is 1.69. The molecule has 1 heterocycles. The molecule has 1 aromatic rings. The molecule has 0 radical (unpaired) electrons. The van der Waals surface area contributed by atoms with Crippen LogP contribution in [0, 0.1) is 11.3 Å². The van der Waals surface area contributed by atoms with E-state index in [0.29, 0.717) is 44.6 Å². The Morgan fingerprint density at radius 3 is 2.48 bits per heavy atom. The number of halogens is 2. The molecule has 2 fully saturated rings. The third kappa shape index (κ3) is 5.87. The minimum Gasteiger partial charge on any atom is -0.336 e. The molecule has 3 N–H and O–H groups in total. The molecule has 29 heavy (non-hydrogen) atoms. The van der Waals surface area contributed by atoms with Gasteiger partial charge in [0.2, 0.25) is 5.91 Å². The number of rotatable bonds is 7. The quantitative estimate of drug-likeness (QED) is 0.639. The fraction of sp³-hybridized carbons (Fsp3) is 0.550. The number of urea groups is 1. The first-order valence-corrected chi connectivity index (χ1v) is 9.74. The van der Waals surface area contributed by atoms with Crippen LogP contribution >= 0.6 is 0 Å². The Morgan fingerprint density at radius 1 is 1.24 bits per heavy atom. The molecule has 1 atom stereocenters. The number of nitriles is 1. The van der Waals surface area contributed by atoms with Gasteiger partial charge in [0.1, 0.15) is 11.6 Å². The van der Waals surface area contributed by atoms with E-state index in [1.54, 1.807) is 30.3 Å². The monoisotopic (exact) mass is 405 g/mol. The highest BCUT2D eigenvalue weighted by Crippen LogP contribution is 2.35. The molecule has 0 bridgehead atoms. The molecule has 0 unspecified atom stereocenters. The maximum atomic E-state index is 14.7. The molecule has 9 heteroatoms. The molecular weight excluding hydrogens is 380 g/mol. The fourth-order valence-electron chi connectivity index (χ4n) is 3.30. The number of hydrogen-bond donors (Lipinski definition) is 3. The van der Waals surface area contributed by atoms with Crippen molar-refractivity contribution in [3.63, 3.8) is 0 Å². The van der Waals surface area contributed by atoms with Crippen LogP contribution in [0.3, 0.4) is 0 Å². The second kappa shape index (κ2) is 8.74. The first-order chi connectivity index (χ1) is 13.8. The van der Waals surface area contributed by atoms with Gasteiger partial charge >= 0.3 is 6.03 Å². The van der Waals surface area contributed by atoms with Crippen molar-refractivity contribution in [2.45, 2.75) is 43.2 Å². The third-order valence-electron chi connectivity index (χ3n) is 5.15. The van der Waals surface area contributed by atoms with Crippen molar-refractivity contribution in [1.82, 2.24) is 20.9 Å². The molecule has 1 saturated carbocycles. The minimum atomic E-state index is -3.20. The predicted octanol–water partition coefficient (Wildman–Crippen LogP) is 1.41. The van der Waals surface area contributed by atoms with E-state index in [1.165, 1.54) is 4.90 Å². The molecule has 3 rings (SSSR count). The van der Waals surface area contributed by atoms with Crippen LogP contribution in [0.5, 0.6) is 0 Å². The topological polar surface area (TPSA) is 97.3 Å². The van der Waals surface area contributed by atoms with Gasteiger partial charge in [-0.05, 0) is 18.4 Å². The highest BCUT2D eigenvalue weighted by Gasteiger charge is 2.47. The summed E-state index contributed by atoms with van der Waals surface area (Å²) in [6.45, 7) is 2.07. The van der Waals surface area contributed by atoms with Crippen LogP contribution in [0.25, 0.3) is 0 Å². The van der Waals surface area contributed by atoms with Gasteiger partial charge in [-0.2, -0.15) is 5.26 Å². The summed E-state index contributed by atoms with van der Waals surface area (Å²) in [4.78, 5) is 26.7. The molecule has 0 spiro atoms. The summed E-state index contributed by atoms with van der Waals surface area (Å²) < 4.78 is 29.4. The second-order valence-electron chi connectivity index (χ2n) is 7.64. The number of nitrogens with zero attached hydrogens (tertiary/aromatic N) is 2. The standard InChI is InChI=1S/C20H25F2N5O2/c21-20(22,12-15-4-2-1-3-5-15)13-16(17(28)26-19(14-23)6-7-19)25-18(29)27-10-8-24-9-11-27/h1-5,16,24H,6-13H2,(H,25,29)(H,26,28)/t16-/m0/s1. The number of benzene rings is 1. The third-order valence-corrected chi connectivity index (χ3v) is 5.15. The first-order valence-electron chi connectivity index (χ1n) is 9.74. The zero-order valence-corrected chi connectivity index (χ0v) is 16.1. The van der Waals surface area contributed by atoms with Gasteiger partial charge in [-0.25, -0.2) is 13.6 Å². The SMILES string of the molecule is N#CC1(NC(=O)[C@H](CC(F)(F)Cc2ccccc2)NC(=O)N2CCNCC2)CC1. The number of carbonyl (C=O) groups excluding carboxylic acids is 2. The highest BCUT2D eigenvalue weighted by molar-refractivity contribution is 5.88. The van der Waals surface area contributed by atoms with E-state index in [0.717, 1.165) is 0 Å². The van der Waals surface area contributed by atoms with E-state index in [2.05, 4.69) is 16.0 Å². The number of nitrogens with one attached hydrogen (secondary N) is 3. The van der Waals surface area contributed by atoms with Gasteiger partial charge in [0.25, 0.3) is 5.92 Å². The number of alkyl halides is 2. The van der Waals surface area contributed by atoms with Crippen molar-refractivity contribution in [3.8, 4) is 6.07 Å². The van der Waals surface area contributed by atoms with Crippen molar-refractivity contribution >= 4 is 11.9 Å². The van der Waals surface area contributed by atoms with Crippen LogP contribution in [0.4, 0.5) is 13.6 Å². The number of carbonyl (C=O) groups is 2. The summed E-state index contributed by atoms with van der Waals surface area (Å²) >= 11 is 0. The predicted molar refractivity (Wildman–Crippen MR) is 102 cm³/mol. The lowest BCUT2D eigenvalue weighted by atomic mass is 10.00. The summed E-state index contributed by atoms with van der Waals surface area (Å²) in [5.74, 6) is -3.95. The zero-order chi connectivity index (χ0) is 20.9. The Morgan fingerprint density at radius 2 is 1.90 bits per heavy atom. The Bertz CT molecular complexity index is 771. The van der Waals surface area contributed by atoms with E-state index < -0.39 is 42.3 Å². The van der Waals surface area contributed by atoms with E-state index in [1.807, 2.05) is 6.07 Å². The lowest BCUT2D eigenvalue weighted by Crippen LogP contribution is -2.57. The molecule has 2 aliphatic rings.